The summed E-state index contributed by atoms with van der Waals surface area (Å²) in [7, 11) is 0. The molecule has 0 atom stereocenters. The lowest BCUT2D eigenvalue weighted by Gasteiger charge is -2.18. The number of rotatable bonds is 6. The Hall–Kier alpha value is -2.82. The van der Waals surface area contributed by atoms with Gasteiger partial charge < -0.3 is 14.4 Å². The van der Waals surface area contributed by atoms with Gasteiger partial charge in [-0.3, -0.25) is 9.59 Å². The van der Waals surface area contributed by atoms with Crippen LogP contribution < -0.4 is 14.4 Å². The number of carbonyl (C=O) groups is 2. The highest BCUT2D eigenvalue weighted by Gasteiger charge is 2.24. The monoisotopic (exact) mass is 325 g/mol. The maximum atomic E-state index is 12.5. The second kappa shape index (κ2) is 7.17. The number of hydrogen-bond acceptors (Lipinski definition) is 4. The van der Waals surface area contributed by atoms with Crippen molar-refractivity contribution in [2.75, 3.05) is 24.7 Å². The number of fused-ring (bicyclic) bond motifs is 1. The largest absolute Gasteiger partial charge is 0.490 e. The highest BCUT2D eigenvalue weighted by Crippen LogP contribution is 2.30. The smallest absolute Gasteiger partial charge is 0.264 e. The molecular formula is C19H19NO4. The van der Waals surface area contributed by atoms with Crippen molar-refractivity contribution in [2.24, 2.45) is 0 Å². The van der Waals surface area contributed by atoms with Gasteiger partial charge in [-0.25, -0.2) is 0 Å². The van der Waals surface area contributed by atoms with Gasteiger partial charge in [0.1, 0.15) is 6.29 Å². The Balaban J connectivity index is 1.70. The SMILES string of the molecule is CCOc1cc(C=O)ccc1OCC(=O)N1CCc2ccccc21. The van der Waals surface area contributed by atoms with E-state index in [9.17, 15) is 9.59 Å². The molecule has 0 radical (unpaired) electrons. The number of hydrogen-bond donors (Lipinski definition) is 0. The Morgan fingerprint density at radius 1 is 1.17 bits per heavy atom. The fourth-order valence-electron chi connectivity index (χ4n) is 2.80. The summed E-state index contributed by atoms with van der Waals surface area (Å²) >= 11 is 0. The topological polar surface area (TPSA) is 55.8 Å². The minimum atomic E-state index is -0.0955. The zero-order chi connectivity index (χ0) is 16.9. The normalized spacial score (nSPS) is 12.6. The Morgan fingerprint density at radius 2 is 2.00 bits per heavy atom. The van der Waals surface area contributed by atoms with E-state index in [4.69, 9.17) is 9.47 Å². The van der Waals surface area contributed by atoms with Crippen molar-refractivity contribution >= 4 is 17.9 Å². The fraction of sp³-hybridized carbons (Fsp3) is 0.263. The molecule has 1 aliphatic rings. The van der Waals surface area contributed by atoms with Crippen LogP contribution in [-0.4, -0.2) is 32.0 Å². The molecule has 1 heterocycles. The van der Waals surface area contributed by atoms with Crippen LogP contribution in [0.25, 0.3) is 0 Å². The van der Waals surface area contributed by atoms with Crippen molar-refractivity contribution in [1.82, 2.24) is 0 Å². The lowest BCUT2D eigenvalue weighted by molar-refractivity contribution is -0.120. The zero-order valence-corrected chi connectivity index (χ0v) is 13.5. The molecule has 3 rings (SSSR count). The van der Waals surface area contributed by atoms with Crippen molar-refractivity contribution in [3.05, 3.63) is 53.6 Å². The summed E-state index contributed by atoms with van der Waals surface area (Å²) in [5, 5.41) is 0. The first-order valence-electron chi connectivity index (χ1n) is 7.96. The average Bonchev–Trinajstić information content (AvgIpc) is 3.04. The molecule has 0 saturated heterocycles. The van der Waals surface area contributed by atoms with Crippen LogP contribution in [0.4, 0.5) is 5.69 Å². The Morgan fingerprint density at radius 3 is 2.79 bits per heavy atom. The van der Waals surface area contributed by atoms with Crippen molar-refractivity contribution in [3.63, 3.8) is 0 Å². The van der Waals surface area contributed by atoms with E-state index < -0.39 is 0 Å². The van der Waals surface area contributed by atoms with Crippen molar-refractivity contribution in [2.45, 2.75) is 13.3 Å². The van der Waals surface area contributed by atoms with E-state index >= 15 is 0 Å². The second-order valence-electron chi connectivity index (χ2n) is 5.47. The van der Waals surface area contributed by atoms with Crippen LogP contribution >= 0.6 is 0 Å². The highest BCUT2D eigenvalue weighted by molar-refractivity contribution is 5.96. The van der Waals surface area contributed by atoms with Crippen LogP contribution in [0.5, 0.6) is 11.5 Å². The number of para-hydroxylation sites is 1. The Kier molecular flexibility index (Phi) is 4.79. The second-order valence-corrected chi connectivity index (χ2v) is 5.47. The number of anilines is 1. The zero-order valence-electron chi connectivity index (χ0n) is 13.5. The van der Waals surface area contributed by atoms with Crippen LogP contribution in [0.1, 0.15) is 22.8 Å². The number of ether oxygens (including phenoxy) is 2. The van der Waals surface area contributed by atoms with Gasteiger partial charge in [0.05, 0.1) is 6.61 Å². The summed E-state index contributed by atoms with van der Waals surface area (Å²) in [4.78, 5) is 25.1. The van der Waals surface area contributed by atoms with E-state index in [-0.39, 0.29) is 12.5 Å². The summed E-state index contributed by atoms with van der Waals surface area (Å²) in [5.41, 5.74) is 2.63. The third-order valence-corrected chi connectivity index (χ3v) is 3.94. The third-order valence-electron chi connectivity index (χ3n) is 3.94. The van der Waals surface area contributed by atoms with Gasteiger partial charge in [-0.15, -0.1) is 0 Å². The highest BCUT2D eigenvalue weighted by atomic mass is 16.5. The Bertz CT molecular complexity index is 757. The summed E-state index contributed by atoms with van der Waals surface area (Å²) in [6.07, 6.45) is 1.61. The molecule has 1 aliphatic heterocycles. The van der Waals surface area contributed by atoms with Crippen LogP contribution in [-0.2, 0) is 11.2 Å². The van der Waals surface area contributed by atoms with Crippen LogP contribution in [0.3, 0.4) is 0 Å². The molecule has 1 amide bonds. The van der Waals surface area contributed by atoms with Gasteiger partial charge in [0.15, 0.2) is 18.1 Å². The molecule has 0 N–H and O–H groups in total. The molecule has 0 aromatic heterocycles. The first-order valence-corrected chi connectivity index (χ1v) is 7.96. The predicted molar refractivity (Wildman–Crippen MR) is 91.0 cm³/mol. The molecule has 2 aromatic carbocycles. The summed E-state index contributed by atoms with van der Waals surface area (Å²) < 4.78 is 11.1. The van der Waals surface area contributed by atoms with Crippen LogP contribution in [0, 0.1) is 0 Å². The van der Waals surface area contributed by atoms with Gasteiger partial charge in [0.2, 0.25) is 0 Å². The minimum absolute atomic E-state index is 0.0746. The molecular weight excluding hydrogens is 306 g/mol. The number of aldehydes is 1. The third kappa shape index (κ3) is 3.25. The van der Waals surface area contributed by atoms with Gasteiger partial charge in [-0.05, 0) is 43.2 Å². The Labute approximate surface area is 140 Å². The average molecular weight is 325 g/mol. The predicted octanol–water partition coefficient (Wildman–Crippen LogP) is 2.87. The molecule has 0 unspecified atom stereocenters. The molecule has 0 bridgehead atoms. The van der Waals surface area contributed by atoms with Crippen molar-refractivity contribution in [3.8, 4) is 11.5 Å². The lowest BCUT2D eigenvalue weighted by atomic mass is 10.2. The number of amides is 1. The molecule has 5 nitrogen and oxygen atoms in total. The van der Waals surface area contributed by atoms with E-state index in [0.717, 1.165) is 18.4 Å². The van der Waals surface area contributed by atoms with Crippen LogP contribution in [0.15, 0.2) is 42.5 Å². The van der Waals surface area contributed by atoms with Gasteiger partial charge in [-0.2, -0.15) is 0 Å². The standard InChI is InChI=1S/C19H19NO4/c1-2-23-18-11-14(12-21)7-8-17(18)24-13-19(22)20-10-9-15-5-3-4-6-16(15)20/h3-8,11-12H,2,9-10,13H2,1H3. The van der Waals surface area contributed by atoms with E-state index in [2.05, 4.69) is 0 Å². The van der Waals surface area contributed by atoms with Gasteiger partial charge in [0, 0.05) is 17.8 Å². The van der Waals surface area contributed by atoms with Crippen LogP contribution in [0.2, 0.25) is 0 Å². The van der Waals surface area contributed by atoms with Crippen molar-refractivity contribution in [1.29, 1.82) is 0 Å². The molecule has 0 spiro atoms. The van der Waals surface area contributed by atoms with Gasteiger partial charge >= 0.3 is 0 Å². The number of benzene rings is 2. The summed E-state index contributed by atoms with van der Waals surface area (Å²) in [5.74, 6) is 0.835. The molecule has 0 aliphatic carbocycles. The number of carbonyl (C=O) groups excluding carboxylic acids is 2. The fourth-order valence-corrected chi connectivity index (χ4v) is 2.80. The molecule has 124 valence electrons. The lowest BCUT2D eigenvalue weighted by Crippen LogP contribution is -2.33. The van der Waals surface area contributed by atoms with E-state index in [1.54, 1.807) is 23.1 Å². The number of nitrogens with zero attached hydrogens (tertiary/aromatic N) is 1. The molecule has 0 fully saturated rings. The maximum absolute atomic E-state index is 12.5. The first-order chi connectivity index (χ1) is 11.7. The minimum Gasteiger partial charge on any atom is -0.490 e. The molecule has 5 heteroatoms. The summed E-state index contributed by atoms with van der Waals surface area (Å²) in [6, 6.07) is 12.8. The summed E-state index contributed by atoms with van der Waals surface area (Å²) in [6.45, 7) is 2.90. The van der Waals surface area contributed by atoms with Gasteiger partial charge in [0.25, 0.3) is 5.91 Å². The molecule has 2 aromatic rings. The van der Waals surface area contributed by atoms with Crippen molar-refractivity contribution < 1.29 is 19.1 Å². The van der Waals surface area contributed by atoms with Gasteiger partial charge in [-0.1, -0.05) is 18.2 Å². The quantitative estimate of drug-likeness (QED) is 0.766. The molecule has 0 saturated carbocycles. The van der Waals surface area contributed by atoms with E-state index in [0.29, 0.717) is 30.2 Å². The molecule has 24 heavy (non-hydrogen) atoms. The van der Waals surface area contributed by atoms with E-state index in [1.807, 2.05) is 31.2 Å². The maximum Gasteiger partial charge on any atom is 0.264 e. The first kappa shape index (κ1) is 16.1. The van der Waals surface area contributed by atoms with E-state index in [1.165, 1.54) is 5.56 Å².